The second-order valence-corrected chi connectivity index (χ2v) is 6.22. The minimum Gasteiger partial charge on any atom is -0.294 e. The average molecular weight is 351 g/mol. The van der Waals surface area contributed by atoms with Crippen LogP contribution in [0.1, 0.15) is 37.1 Å². The number of hydrogen-bond donors (Lipinski definition) is 1. The molecule has 1 heterocycles. The van der Waals surface area contributed by atoms with Gasteiger partial charge in [0.15, 0.2) is 0 Å². The first-order valence-corrected chi connectivity index (χ1v) is 8.75. The molecule has 2 aromatic carbocycles. The molecule has 0 amide bonds. The first kappa shape index (κ1) is 17.9. The Hall–Kier alpha value is -2.95. The Bertz CT molecular complexity index is 953. The van der Waals surface area contributed by atoms with Gasteiger partial charge in [0.2, 0.25) is 0 Å². The van der Waals surface area contributed by atoms with E-state index in [9.17, 15) is 9.18 Å². The normalized spacial score (nSPS) is 11.7. The summed E-state index contributed by atoms with van der Waals surface area (Å²) in [6, 6.07) is 15.7. The summed E-state index contributed by atoms with van der Waals surface area (Å²) in [6.45, 7) is 4.34. The summed E-state index contributed by atoms with van der Waals surface area (Å²) in [6.07, 6.45) is 1.70. The molecule has 4 nitrogen and oxygen atoms in total. The minimum absolute atomic E-state index is 0.0972. The number of halogens is 1. The largest absolute Gasteiger partial charge is 0.294 e. The number of nitrogens with zero attached hydrogens (tertiary/aromatic N) is 2. The molecule has 0 unspecified atom stereocenters. The molecule has 0 aliphatic heterocycles. The van der Waals surface area contributed by atoms with E-state index < -0.39 is 0 Å². The van der Waals surface area contributed by atoms with Crippen LogP contribution in [0.15, 0.2) is 64.4 Å². The summed E-state index contributed by atoms with van der Waals surface area (Å²) in [5, 5.41) is 3.23. The van der Waals surface area contributed by atoms with E-state index in [1.807, 2.05) is 37.3 Å². The predicted molar refractivity (Wildman–Crippen MR) is 103 cm³/mol. The van der Waals surface area contributed by atoms with Crippen LogP contribution in [0.25, 0.3) is 5.69 Å². The molecule has 0 saturated carbocycles. The number of H-pyrrole nitrogens is 1. The number of aliphatic imine (C=N–C) groups is 1. The predicted octanol–water partition coefficient (Wildman–Crippen LogP) is 4.27. The van der Waals surface area contributed by atoms with Crippen molar-refractivity contribution in [3.05, 3.63) is 87.6 Å². The topological polar surface area (TPSA) is 50.1 Å². The van der Waals surface area contributed by atoms with E-state index in [1.165, 1.54) is 12.1 Å². The standard InChI is InChI=1S/C21H22FN3O/c1-3-7-19-20(15(2)23-14-16-10-12-17(22)13-11-16)21(26)25(24-19)18-8-5-4-6-9-18/h4-6,8-13,24H,3,7,14H2,1-2H3. The van der Waals surface area contributed by atoms with Crippen LogP contribution in [-0.2, 0) is 13.0 Å². The third-order valence-electron chi connectivity index (χ3n) is 4.25. The molecule has 0 saturated heterocycles. The van der Waals surface area contributed by atoms with E-state index in [2.05, 4.69) is 17.0 Å². The van der Waals surface area contributed by atoms with Gasteiger partial charge in [-0.05, 0) is 43.2 Å². The Kier molecular flexibility index (Phi) is 5.46. The number of aromatic nitrogens is 2. The lowest BCUT2D eigenvalue weighted by Crippen LogP contribution is -2.19. The van der Waals surface area contributed by atoms with Crippen LogP contribution >= 0.6 is 0 Å². The summed E-state index contributed by atoms with van der Waals surface area (Å²) in [5.41, 5.74) is 3.81. The van der Waals surface area contributed by atoms with Gasteiger partial charge in [0, 0.05) is 11.4 Å². The second-order valence-electron chi connectivity index (χ2n) is 6.22. The molecule has 3 rings (SSSR count). The molecular weight excluding hydrogens is 329 g/mol. The molecule has 0 bridgehead atoms. The molecule has 134 valence electrons. The number of nitrogens with one attached hydrogen (secondary N) is 1. The van der Waals surface area contributed by atoms with Gasteiger partial charge in [-0.15, -0.1) is 0 Å². The van der Waals surface area contributed by atoms with Gasteiger partial charge in [0.25, 0.3) is 5.56 Å². The molecule has 1 N–H and O–H groups in total. The maximum atomic E-state index is 13.0. The van der Waals surface area contributed by atoms with Crippen LogP contribution in [0.4, 0.5) is 4.39 Å². The quantitative estimate of drug-likeness (QED) is 0.663. The molecule has 0 spiro atoms. The Labute approximate surface area is 152 Å². The van der Waals surface area contributed by atoms with E-state index in [0.717, 1.165) is 29.8 Å². The Morgan fingerprint density at radius 3 is 2.46 bits per heavy atom. The average Bonchev–Trinajstić information content (AvgIpc) is 2.98. The van der Waals surface area contributed by atoms with Crippen molar-refractivity contribution in [2.24, 2.45) is 4.99 Å². The van der Waals surface area contributed by atoms with E-state index in [1.54, 1.807) is 16.8 Å². The number of para-hydroxylation sites is 1. The zero-order valence-electron chi connectivity index (χ0n) is 15.0. The van der Waals surface area contributed by atoms with E-state index in [4.69, 9.17) is 0 Å². The van der Waals surface area contributed by atoms with Crippen LogP contribution in [0.5, 0.6) is 0 Å². The SMILES string of the molecule is CCCc1[nH]n(-c2ccccc2)c(=O)c1C(C)=NCc1ccc(F)cc1. The van der Waals surface area contributed by atoms with Gasteiger partial charge in [-0.25, -0.2) is 9.07 Å². The monoisotopic (exact) mass is 351 g/mol. The van der Waals surface area contributed by atoms with Crippen LogP contribution in [-0.4, -0.2) is 15.5 Å². The Morgan fingerprint density at radius 1 is 1.12 bits per heavy atom. The summed E-state index contributed by atoms with van der Waals surface area (Å²) in [5.74, 6) is -0.268. The van der Waals surface area contributed by atoms with Crippen LogP contribution in [0, 0.1) is 5.82 Å². The van der Waals surface area contributed by atoms with E-state index in [-0.39, 0.29) is 11.4 Å². The van der Waals surface area contributed by atoms with Crippen molar-refractivity contribution in [2.75, 3.05) is 0 Å². The first-order valence-electron chi connectivity index (χ1n) is 8.75. The number of aromatic amines is 1. The fourth-order valence-electron chi connectivity index (χ4n) is 2.92. The zero-order valence-corrected chi connectivity index (χ0v) is 15.0. The summed E-state index contributed by atoms with van der Waals surface area (Å²) in [4.78, 5) is 17.5. The lowest BCUT2D eigenvalue weighted by atomic mass is 10.1. The van der Waals surface area contributed by atoms with Crippen molar-refractivity contribution < 1.29 is 4.39 Å². The zero-order chi connectivity index (χ0) is 18.5. The molecule has 0 radical (unpaired) electrons. The van der Waals surface area contributed by atoms with Crippen LogP contribution < -0.4 is 5.56 Å². The molecule has 26 heavy (non-hydrogen) atoms. The summed E-state index contributed by atoms with van der Waals surface area (Å²) in [7, 11) is 0. The fraction of sp³-hybridized carbons (Fsp3) is 0.238. The Balaban J connectivity index is 1.97. The smallest absolute Gasteiger partial charge is 0.280 e. The first-order chi connectivity index (χ1) is 12.6. The van der Waals surface area contributed by atoms with Gasteiger partial charge in [0.05, 0.1) is 17.8 Å². The highest BCUT2D eigenvalue weighted by Crippen LogP contribution is 2.12. The van der Waals surface area contributed by atoms with Gasteiger partial charge in [-0.1, -0.05) is 43.7 Å². The van der Waals surface area contributed by atoms with Crippen LogP contribution in [0.2, 0.25) is 0 Å². The molecule has 3 aromatic rings. The van der Waals surface area contributed by atoms with Crippen molar-refractivity contribution in [3.63, 3.8) is 0 Å². The van der Waals surface area contributed by atoms with Gasteiger partial charge < -0.3 is 0 Å². The highest BCUT2D eigenvalue weighted by atomic mass is 19.1. The third kappa shape index (κ3) is 3.82. The highest BCUT2D eigenvalue weighted by molar-refractivity contribution is 5.99. The van der Waals surface area contributed by atoms with Crippen molar-refractivity contribution >= 4 is 5.71 Å². The van der Waals surface area contributed by atoms with Gasteiger partial charge in [0.1, 0.15) is 5.82 Å². The van der Waals surface area contributed by atoms with Crippen molar-refractivity contribution in [3.8, 4) is 5.69 Å². The summed E-state index contributed by atoms with van der Waals surface area (Å²) >= 11 is 0. The molecule has 1 aromatic heterocycles. The maximum absolute atomic E-state index is 13.0. The van der Waals surface area contributed by atoms with Gasteiger partial charge >= 0.3 is 0 Å². The lowest BCUT2D eigenvalue weighted by Gasteiger charge is -2.02. The Morgan fingerprint density at radius 2 is 1.81 bits per heavy atom. The number of aryl methyl sites for hydroxylation is 1. The van der Waals surface area contributed by atoms with Gasteiger partial charge in [-0.3, -0.25) is 14.9 Å². The van der Waals surface area contributed by atoms with Crippen molar-refractivity contribution in [1.82, 2.24) is 9.78 Å². The molecule has 0 aliphatic carbocycles. The lowest BCUT2D eigenvalue weighted by molar-refractivity contribution is 0.627. The number of hydrogen-bond acceptors (Lipinski definition) is 2. The molecule has 5 heteroatoms. The molecule has 0 atom stereocenters. The van der Waals surface area contributed by atoms with Crippen molar-refractivity contribution in [1.29, 1.82) is 0 Å². The molecule has 0 aliphatic rings. The minimum atomic E-state index is -0.268. The van der Waals surface area contributed by atoms with Crippen molar-refractivity contribution in [2.45, 2.75) is 33.2 Å². The summed E-state index contributed by atoms with van der Waals surface area (Å²) < 4.78 is 14.6. The molecular formula is C21H22FN3O. The third-order valence-corrected chi connectivity index (χ3v) is 4.25. The highest BCUT2D eigenvalue weighted by Gasteiger charge is 2.17. The number of benzene rings is 2. The molecule has 0 fully saturated rings. The maximum Gasteiger partial charge on any atom is 0.280 e. The van der Waals surface area contributed by atoms with E-state index in [0.29, 0.717) is 17.8 Å². The van der Waals surface area contributed by atoms with Crippen LogP contribution in [0.3, 0.4) is 0 Å². The van der Waals surface area contributed by atoms with Gasteiger partial charge in [-0.2, -0.15) is 0 Å². The second kappa shape index (κ2) is 7.95. The fourth-order valence-corrected chi connectivity index (χ4v) is 2.92. The van der Waals surface area contributed by atoms with E-state index >= 15 is 0 Å². The number of rotatable bonds is 6.